The van der Waals surface area contributed by atoms with Crippen LogP contribution in [-0.4, -0.2) is 40.8 Å². The SMILES string of the molecule is CC(Cn1ccnc1)NC(=O)[C@@H]1CC[C@H](c2ccccc2)N(S(=O)(=O)c2ccccc2)C1. The third-order valence-corrected chi connectivity index (χ3v) is 7.76. The molecular weight excluding hydrogens is 424 g/mol. The van der Waals surface area contributed by atoms with E-state index in [1.54, 1.807) is 42.9 Å². The molecule has 1 aliphatic rings. The molecule has 3 atom stereocenters. The molecular formula is C24H28N4O3S. The van der Waals surface area contributed by atoms with Gasteiger partial charge in [0.2, 0.25) is 15.9 Å². The maximum atomic E-state index is 13.6. The number of nitrogens with one attached hydrogen (secondary N) is 1. The highest BCUT2D eigenvalue weighted by Crippen LogP contribution is 2.37. The maximum absolute atomic E-state index is 13.6. The van der Waals surface area contributed by atoms with E-state index in [2.05, 4.69) is 10.3 Å². The van der Waals surface area contributed by atoms with E-state index in [0.717, 1.165) is 5.56 Å². The zero-order valence-corrected chi connectivity index (χ0v) is 18.9. The lowest BCUT2D eigenvalue weighted by atomic mass is 9.90. The summed E-state index contributed by atoms with van der Waals surface area (Å²) < 4.78 is 30.5. The van der Waals surface area contributed by atoms with Crippen LogP contribution >= 0.6 is 0 Å². The predicted molar refractivity (Wildman–Crippen MR) is 122 cm³/mol. The summed E-state index contributed by atoms with van der Waals surface area (Å²) in [6, 6.07) is 17.7. The van der Waals surface area contributed by atoms with Gasteiger partial charge in [0, 0.05) is 31.5 Å². The number of rotatable bonds is 7. The van der Waals surface area contributed by atoms with Crippen LogP contribution in [0.25, 0.3) is 0 Å². The van der Waals surface area contributed by atoms with E-state index in [1.807, 2.05) is 48.0 Å². The second kappa shape index (κ2) is 9.67. The standard InChI is InChI=1S/C24H28N4O3S/c1-19(16-27-15-14-25-18-27)26-24(29)21-12-13-23(20-8-4-2-5-9-20)28(17-21)32(30,31)22-10-6-3-7-11-22/h2-11,14-15,18-19,21,23H,12-13,16-17H2,1H3,(H,26,29)/t19?,21-,23-/m1/s1. The average molecular weight is 453 g/mol. The number of nitrogens with zero attached hydrogens (tertiary/aromatic N) is 3. The smallest absolute Gasteiger partial charge is 0.243 e. The lowest BCUT2D eigenvalue weighted by molar-refractivity contribution is -0.127. The fourth-order valence-corrected chi connectivity index (χ4v) is 5.98. The van der Waals surface area contributed by atoms with Gasteiger partial charge in [-0.2, -0.15) is 4.31 Å². The lowest BCUT2D eigenvalue weighted by Gasteiger charge is -2.38. The molecule has 1 saturated heterocycles. The highest BCUT2D eigenvalue weighted by Gasteiger charge is 2.40. The molecule has 7 nitrogen and oxygen atoms in total. The van der Waals surface area contributed by atoms with E-state index < -0.39 is 15.9 Å². The number of hydrogen-bond donors (Lipinski definition) is 1. The number of benzene rings is 2. The first-order valence-corrected chi connectivity index (χ1v) is 12.3. The molecule has 0 aliphatic carbocycles. The molecule has 0 bridgehead atoms. The van der Waals surface area contributed by atoms with E-state index in [-0.39, 0.29) is 29.4 Å². The van der Waals surface area contributed by atoms with Crippen LogP contribution in [0.4, 0.5) is 0 Å². The van der Waals surface area contributed by atoms with E-state index in [9.17, 15) is 13.2 Å². The topological polar surface area (TPSA) is 84.3 Å². The first kappa shape index (κ1) is 22.2. The molecule has 3 aromatic rings. The van der Waals surface area contributed by atoms with Crippen molar-refractivity contribution in [1.82, 2.24) is 19.2 Å². The monoisotopic (exact) mass is 452 g/mol. The Morgan fingerprint density at radius 3 is 2.44 bits per heavy atom. The van der Waals surface area contributed by atoms with Crippen molar-refractivity contribution in [2.45, 2.75) is 43.3 Å². The Morgan fingerprint density at radius 2 is 1.78 bits per heavy atom. The first-order chi connectivity index (χ1) is 15.4. The van der Waals surface area contributed by atoms with Gasteiger partial charge in [0.15, 0.2) is 0 Å². The van der Waals surface area contributed by atoms with Crippen molar-refractivity contribution in [3.8, 4) is 0 Å². The Hall–Kier alpha value is -2.97. The van der Waals surface area contributed by atoms with Crippen LogP contribution in [0, 0.1) is 5.92 Å². The second-order valence-corrected chi connectivity index (χ2v) is 10.1. The third-order valence-electron chi connectivity index (χ3n) is 5.87. The number of aromatic nitrogens is 2. The van der Waals surface area contributed by atoms with Crippen LogP contribution in [0.5, 0.6) is 0 Å². The normalized spacial score (nSPS) is 20.5. The summed E-state index contributed by atoms with van der Waals surface area (Å²) in [5.74, 6) is -0.518. The molecule has 2 aromatic carbocycles. The summed E-state index contributed by atoms with van der Waals surface area (Å²) in [5, 5.41) is 3.05. The van der Waals surface area contributed by atoms with Crippen molar-refractivity contribution < 1.29 is 13.2 Å². The van der Waals surface area contributed by atoms with Crippen LogP contribution in [0.2, 0.25) is 0 Å². The van der Waals surface area contributed by atoms with E-state index >= 15 is 0 Å². The van der Waals surface area contributed by atoms with Crippen molar-refractivity contribution in [2.24, 2.45) is 5.92 Å². The Balaban J connectivity index is 1.55. The molecule has 0 saturated carbocycles. The van der Waals surface area contributed by atoms with Crippen molar-refractivity contribution in [1.29, 1.82) is 0 Å². The molecule has 4 rings (SSSR count). The Morgan fingerprint density at radius 1 is 1.09 bits per heavy atom. The molecule has 1 aliphatic heterocycles. The number of carbonyl (C=O) groups is 1. The number of hydrogen-bond acceptors (Lipinski definition) is 4. The van der Waals surface area contributed by atoms with E-state index in [1.165, 1.54) is 4.31 Å². The minimum Gasteiger partial charge on any atom is -0.352 e. The van der Waals surface area contributed by atoms with Gasteiger partial charge in [0.1, 0.15) is 0 Å². The summed E-state index contributed by atoms with van der Waals surface area (Å²) in [4.78, 5) is 17.3. The Kier molecular flexibility index (Phi) is 6.72. The average Bonchev–Trinajstić information content (AvgIpc) is 3.32. The summed E-state index contributed by atoms with van der Waals surface area (Å²) in [5.41, 5.74) is 0.944. The number of imidazole rings is 1. The quantitative estimate of drug-likeness (QED) is 0.597. The lowest BCUT2D eigenvalue weighted by Crippen LogP contribution is -2.48. The fourth-order valence-electron chi connectivity index (χ4n) is 4.27. The minimum atomic E-state index is -3.75. The van der Waals surface area contributed by atoms with Crippen molar-refractivity contribution >= 4 is 15.9 Å². The van der Waals surface area contributed by atoms with Gasteiger partial charge in [-0.3, -0.25) is 4.79 Å². The van der Waals surface area contributed by atoms with Gasteiger partial charge < -0.3 is 9.88 Å². The summed E-state index contributed by atoms with van der Waals surface area (Å²) >= 11 is 0. The largest absolute Gasteiger partial charge is 0.352 e. The molecule has 1 amide bonds. The van der Waals surface area contributed by atoms with E-state index in [4.69, 9.17) is 0 Å². The van der Waals surface area contributed by atoms with Gasteiger partial charge in [-0.1, -0.05) is 48.5 Å². The highest BCUT2D eigenvalue weighted by atomic mass is 32.2. The van der Waals surface area contributed by atoms with Crippen molar-refractivity contribution in [3.05, 3.63) is 84.9 Å². The van der Waals surface area contributed by atoms with Gasteiger partial charge in [-0.15, -0.1) is 0 Å². The Bertz CT molecular complexity index is 1120. The summed E-state index contributed by atoms with van der Waals surface area (Å²) in [6.07, 6.45) is 6.48. The molecule has 32 heavy (non-hydrogen) atoms. The molecule has 1 aromatic heterocycles. The van der Waals surface area contributed by atoms with Crippen LogP contribution < -0.4 is 5.32 Å². The molecule has 1 fully saturated rings. The predicted octanol–water partition coefficient (Wildman–Crippen LogP) is 3.23. The van der Waals surface area contributed by atoms with Gasteiger partial charge in [0.25, 0.3) is 0 Å². The maximum Gasteiger partial charge on any atom is 0.243 e. The molecule has 1 unspecified atom stereocenters. The van der Waals surface area contributed by atoms with Crippen LogP contribution in [-0.2, 0) is 21.4 Å². The molecule has 0 spiro atoms. The zero-order chi connectivity index (χ0) is 22.6. The number of amides is 1. The second-order valence-electron chi connectivity index (χ2n) is 8.26. The number of carbonyl (C=O) groups excluding carboxylic acids is 1. The van der Waals surface area contributed by atoms with Crippen LogP contribution in [0.1, 0.15) is 31.4 Å². The van der Waals surface area contributed by atoms with Crippen LogP contribution in [0.3, 0.4) is 0 Å². The molecule has 168 valence electrons. The third kappa shape index (κ3) is 4.92. The number of piperidine rings is 1. The Labute approximate surface area is 189 Å². The number of sulfonamides is 1. The minimum absolute atomic E-state index is 0.0947. The van der Waals surface area contributed by atoms with E-state index in [0.29, 0.717) is 19.4 Å². The van der Waals surface area contributed by atoms with Gasteiger partial charge in [-0.25, -0.2) is 13.4 Å². The van der Waals surface area contributed by atoms with Crippen LogP contribution in [0.15, 0.2) is 84.3 Å². The van der Waals surface area contributed by atoms with Crippen molar-refractivity contribution in [3.63, 3.8) is 0 Å². The van der Waals surface area contributed by atoms with Gasteiger partial charge in [0.05, 0.1) is 23.2 Å². The summed E-state index contributed by atoms with van der Waals surface area (Å²) in [7, 11) is -3.75. The first-order valence-electron chi connectivity index (χ1n) is 10.8. The zero-order valence-electron chi connectivity index (χ0n) is 18.0. The van der Waals surface area contributed by atoms with Crippen molar-refractivity contribution in [2.75, 3.05) is 6.54 Å². The highest BCUT2D eigenvalue weighted by molar-refractivity contribution is 7.89. The van der Waals surface area contributed by atoms with Gasteiger partial charge >= 0.3 is 0 Å². The molecule has 1 N–H and O–H groups in total. The molecule has 8 heteroatoms. The molecule has 2 heterocycles. The molecule has 0 radical (unpaired) electrons. The summed E-state index contributed by atoms with van der Waals surface area (Å²) in [6.45, 7) is 2.70. The van der Waals surface area contributed by atoms with Gasteiger partial charge in [-0.05, 0) is 37.5 Å². The fraction of sp³-hybridized carbons (Fsp3) is 0.333.